The number of anilines is 3. The summed E-state index contributed by atoms with van der Waals surface area (Å²) >= 11 is 0. The molecule has 2 fully saturated rings. The van der Waals surface area contributed by atoms with Gasteiger partial charge in [-0.1, -0.05) is 13.3 Å². The van der Waals surface area contributed by atoms with E-state index in [4.69, 9.17) is 4.98 Å². The number of nitrogens with zero attached hydrogens (tertiary/aromatic N) is 4. The van der Waals surface area contributed by atoms with E-state index in [-0.39, 0.29) is 24.1 Å². The summed E-state index contributed by atoms with van der Waals surface area (Å²) in [6, 6.07) is 1.50. The van der Waals surface area contributed by atoms with Gasteiger partial charge < -0.3 is 15.7 Å². The Bertz CT molecular complexity index is 1140. The maximum absolute atomic E-state index is 14.4. The number of aromatic nitrogens is 4. The number of aliphatic hydroxyl groups excluding tert-OH is 1. The number of aliphatic hydroxyl groups is 1. The zero-order valence-corrected chi connectivity index (χ0v) is 18.4. The van der Waals surface area contributed by atoms with Gasteiger partial charge in [0.05, 0.1) is 12.3 Å². The highest BCUT2D eigenvalue weighted by Gasteiger charge is 2.30. The van der Waals surface area contributed by atoms with Crippen LogP contribution in [0.2, 0.25) is 0 Å². The Hall–Kier alpha value is -2.88. The summed E-state index contributed by atoms with van der Waals surface area (Å²) < 4.78 is 44.0. The van der Waals surface area contributed by atoms with Crippen molar-refractivity contribution in [1.29, 1.82) is 0 Å². The molecule has 0 saturated heterocycles. The summed E-state index contributed by atoms with van der Waals surface area (Å²) in [4.78, 5) is 13.6. The van der Waals surface area contributed by atoms with E-state index in [1.54, 1.807) is 6.20 Å². The molecule has 7 nitrogen and oxygen atoms in total. The lowest BCUT2D eigenvalue weighted by Gasteiger charge is -2.26. The lowest BCUT2D eigenvalue weighted by molar-refractivity contribution is 0.126. The first-order chi connectivity index (χ1) is 15.9. The van der Waals surface area contributed by atoms with E-state index in [2.05, 4.69) is 27.5 Å². The predicted octanol–water partition coefficient (Wildman–Crippen LogP) is 5.06. The Labute approximate surface area is 189 Å². The van der Waals surface area contributed by atoms with Gasteiger partial charge >= 0.3 is 0 Å². The number of hydrogen-bond acceptors (Lipinski definition) is 6. The molecule has 0 amide bonds. The maximum Gasteiger partial charge on any atom is 0.224 e. The van der Waals surface area contributed by atoms with Crippen molar-refractivity contribution in [2.75, 3.05) is 10.6 Å². The van der Waals surface area contributed by atoms with Crippen LogP contribution in [0.4, 0.5) is 30.8 Å². The molecule has 5 rings (SSSR count). The van der Waals surface area contributed by atoms with Crippen molar-refractivity contribution in [3.63, 3.8) is 0 Å². The number of benzene rings is 1. The van der Waals surface area contributed by atoms with Crippen LogP contribution >= 0.6 is 0 Å². The minimum absolute atomic E-state index is 0.0525. The number of fused-ring (bicyclic) bond motifs is 1. The van der Waals surface area contributed by atoms with E-state index in [9.17, 15) is 18.3 Å². The standard InChI is InChI=1S/C23H27F3N6O/c1-12-3-2-4-19(12)32-21-18(11-27-22(31-21)28-14-5-7-15(33)8-6-14)29-23(32)30-20-16(25)9-13(24)10-17(20)26/h9-12,14-15,19,33H,2-8H2,1H3,(H,29,30)(H,27,28,31)/t12-,14?,15?,19+/m1/s1. The average Bonchev–Trinajstić information content (AvgIpc) is 3.34. The molecule has 0 unspecified atom stereocenters. The highest BCUT2D eigenvalue weighted by molar-refractivity contribution is 5.76. The first-order valence-corrected chi connectivity index (χ1v) is 11.5. The minimum Gasteiger partial charge on any atom is -0.393 e. The molecular weight excluding hydrogens is 433 g/mol. The quantitative estimate of drug-likeness (QED) is 0.493. The van der Waals surface area contributed by atoms with Gasteiger partial charge in [0.1, 0.15) is 17.0 Å². The zero-order valence-electron chi connectivity index (χ0n) is 18.4. The van der Waals surface area contributed by atoms with Crippen LogP contribution in [0.1, 0.15) is 57.9 Å². The number of hydrogen-bond donors (Lipinski definition) is 3. The number of imidazole rings is 1. The third kappa shape index (κ3) is 4.36. The van der Waals surface area contributed by atoms with Gasteiger partial charge in [0, 0.05) is 24.2 Å². The Morgan fingerprint density at radius 3 is 2.39 bits per heavy atom. The summed E-state index contributed by atoms with van der Waals surface area (Å²) in [5, 5.41) is 15.8. The van der Waals surface area contributed by atoms with E-state index in [1.165, 1.54) is 0 Å². The van der Waals surface area contributed by atoms with Crippen LogP contribution < -0.4 is 10.6 Å². The van der Waals surface area contributed by atoms with Crippen LogP contribution in [0.15, 0.2) is 18.3 Å². The van der Waals surface area contributed by atoms with Crippen molar-refractivity contribution >= 4 is 28.7 Å². The first-order valence-electron chi connectivity index (χ1n) is 11.5. The molecule has 2 aliphatic carbocycles. The lowest BCUT2D eigenvalue weighted by atomic mass is 9.93. The monoisotopic (exact) mass is 460 g/mol. The molecule has 0 spiro atoms. The van der Waals surface area contributed by atoms with Crippen molar-refractivity contribution in [1.82, 2.24) is 19.5 Å². The SMILES string of the molecule is C[C@@H]1CCC[C@@H]1n1c(Nc2c(F)cc(F)cc2F)nc2cnc(NC3CCC(O)CC3)nc21. The number of rotatable bonds is 5. The molecule has 33 heavy (non-hydrogen) atoms. The van der Waals surface area contributed by atoms with Gasteiger partial charge in [-0.3, -0.25) is 4.57 Å². The highest BCUT2D eigenvalue weighted by Crippen LogP contribution is 2.40. The van der Waals surface area contributed by atoms with E-state index in [0.29, 0.717) is 35.2 Å². The minimum atomic E-state index is -1.03. The molecule has 3 N–H and O–H groups in total. The second kappa shape index (κ2) is 8.81. The Kier molecular flexibility index (Phi) is 5.86. The third-order valence-corrected chi connectivity index (χ3v) is 6.85. The Balaban J connectivity index is 1.53. The summed E-state index contributed by atoms with van der Waals surface area (Å²) in [7, 11) is 0. The predicted molar refractivity (Wildman–Crippen MR) is 119 cm³/mol. The van der Waals surface area contributed by atoms with Gasteiger partial charge in [-0.25, -0.2) is 23.1 Å². The van der Waals surface area contributed by atoms with Crippen LogP contribution in [-0.4, -0.2) is 36.8 Å². The smallest absolute Gasteiger partial charge is 0.224 e. The molecular formula is C23H27F3N6O. The molecule has 2 heterocycles. The Morgan fingerprint density at radius 1 is 1.00 bits per heavy atom. The maximum atomic E-state index is 14.4. The molecule has 0 bridgehead atoms. The molecule has 0 radical (unpaired) electrons. The molecule has 3 aromatic rings. The molecule has 10 heteroatoms. The van der Waals surface area contributed by atoms with Crippen LogP contribution in [-0.2, 0) is 0 Å². The van der Waals surface area contributed by atoms with E-state index in [1.807, 2.05) is 4.57 Å². The van der Waals surface area contributed by atoms with Gasteiger partial charge in [-0.05, 0) is 44.4 Å². The van der Waals surface area contributed by atoms with Gasteiger partial charge in [0.15, 0.2) is 17.3 Å². The molecule has 0 aliphatic heterocycles. The fourth-order valence-electron chi connectivity index (χ4n) is 5.05. The van der Waals surface area contributed by atoms with Crippen LogP contribution in [0.3, 0.4) is 0 Å². The molecule has 176 valence electrons. The molecule has 1 aromatic carbocycles. The number of nitrogens with one attached hydrogen (secondary N) is 2. The van der Waals surface area contributed by atoms with Gasteiger partial charge in [-0.15, -0.1) is 0 Å². The number of halogens is 3. The topological polar surface area (TPSA) is 87.9 Å². The van der Waals surface area contributed by atoms with Gasteiger partial charge in [-0.2, -0.15) is 4.98 Å². The van der Waals surface area contributed by atoms with Gasteiger partial charge in [0.2, 0.25) is 11.9 Å². The van der Waals surface area contributed by atoms with Crippen molar-refractivity contribution in [3.05, 3.63) is 35.8 Å². The first kappa shape index (κ1) is 21.9. The van der Waals surface area contributed by atoms with Crippen molar-refractivity contribution in [2.45, 2.75) is 70.1 Å². The van der Waals surface area contributed by atoms with E-state index >= 15 is 0 Å². The van der Waals surface area contributed by atoms with Crippen molar-refractivity contribution < 1.29 is 18.3 Å². The average molecular weight is 461 g/mol. The zero-order chi connectivity index (χ0) is 23.1. The van der Waals surface area contributed by atoms with Crippen LogP contribution in [0.25, 0.3) is 11.2 Å². The van der Waals surface area contributed by atoms with E-state index in [0.717, 1.165) is 44.9 Å². The molecule has 2 saturated carbocycles. The fraction of sp³-hybridized carbons (Fsp3) is 0.522. The summed E-state index contributed by atoms with van der Waals surface area (Å²) in [6.07, 6.45) is 7.44. The van der Waals surface area contributed by atoms with Crippen molar-refractivity contribution in [3.8, 4) is 0 Å². The summed E-state index contributed by atoms with van der Waals surface area (Å²) in [6.45, 7) is 2.14. The molecule has 2 atom stereocenters. The van der Waals surface area contributed by atoms with Crippen molar-refractivity contribution in [2.24, 2.45) is 5.92 Å². The highest BCUT2D eigenvalue weighted by atomic mass is 19.1. The second-order valence-corrected chi connectivity index (χ2v) is 9.20. The third-order valence-electron chi connectivity index (χ3n) is 6.85. The molecule has 2 aliphatic rings. The normalized spacial score (nSPS) is 25.5. The Morgan fingerprint density at radius 2 is 1.73 bits per heavy atom. The van der Waals surface area contributed by atoms with Crippen LogP contribution in [0, 0.1) is 23.4 Å². The summed E-state index contributed by atoms with van der Waals surface area (Å²) in [5.74, 6) is -2.00. The molecule has 2 aromatic heterocycles. The van der Waals surface area contributed by atoms with Gasteiger partial charge in [0.25, 0.3) is 0 Å². The second-order valence-electron chi connectivity index (χ2n) is 9.20. The fourth-order valence-corrected chi connectivity index (χ4v) is 5.05. The summed E-state index contributed by atoms with van der Waals surface area (Å²) in [5.41, 5.74) is 0.627. The van der Waals surface area contributed by atoms with E-state index < -0.39 is 23.1 Å². The lowest BCUT2D eigenvalue weighted by Crippen LogP contribution is -2.29. The largest absolute Gasteiger partial charge is 0.393 e. The van der Waals surface area contributed by atoms with Crippen LogP contribution in [0.5, 0.6) is 0 Å².